The highest BCUT2D eigenvalue weighted by Gasteiger charge is 2.13. The molecule has 1 aromatic heterocycles. The minimum atomic E-state index is -0.481. The van der Waals surface area contributed by atoms with Crippen molar-refractivity contribution in [1.29, 1.82) is 0 Å². The van der Waals surface area contributed by atoms with Gasteiger partial charge in [0.25, 0.3) is 5.69 Å². The van der Waals surface area contributed by atoms with Crippen LogP contribution in [0.15, 0.2) is 41.6 Å². The fourth-order valence-corrected chi connectivity index (χ4v) is 2.80. The molecular formula is C17H19N5O2. The zero-order valence-corrected chi connectivity index (χ0v) is 13.5. The Bertz CT molecular complexity index is 752. The number of nitro groups is 1. The third kappa shape index (κ3) is 3.68. The number of anilines is 2. The molecule has 1 aliphatic rings. The Balaban J connectivity index is 1.63. The second-order valence-electron chi connectivity index (χ2n) is 5.77. The van der Waals surface area contributed by atoms with E-state index in [-0.39, 0.29) is 5.69 Å². The molecule has 0 bridgehead atoms. The van der Waals surface area contributed by atoms with Gasteiger partial charge in [-0.05, 0) is 49.1 Å². The predicted molar refractivity (Wildman–Crippen MR) is 94.7 cm³/mol. The first kappa shape index (κ1) is 15.9. The van der Waals surface area contributed by atoms with Gasteiger partial charge < -0.3 is 4.90 Å². The lowest BCUT2D eigenvalue weighted by Gasteiger charge is -2.20. The number of nitrogens with zero attached hydrogens (tertiary/aromatic N) is 4. The van der Waals surface area contributed by atoms with Gasteiger partial charge in [0, 0.05) is 24.8 Å². The Hall–Kier alpha value is -2.96. The van der Waals surface area contributed by atoms with Crippen LogP contribution >= 0.6 is 0 Å². The summed E-state index contributed by atoms with van der Waals surface area (Å²) in [5, 5.41) is 14.7. The summed E-state index contributed by atoms with van der Waals surface area (Å²) in [6, 6.07) is 9.18. The van der Waals surface area contributed by atoms with E-state index in [1.54, 1.807) is 6.21 Å². The van der Waals surface area contributed by atoms with E-state index in [4.69, 9.17) is 0 Å². The molecule has 2 heterocycles. The van der Waals surface area contributed by atoms with E-state index in [1.165, 1.54) is 42.4 Å². The highest BCUT2D eigenvalue weighted by atomic mass is 16.6. The second kappa shape index (κ2) is 7.08. The number of pyridine rings is 1. The van der Waals surface area contributed by atoms with Gasteiger partial charge in [-0.3, -0.25) is 15.5 Å². The number of benzene rings is 1. The van der Waals surface area contributed by atoms with Crippen LogP contribution in [0.1, 0.15) is 24.0 Å². The standard InChI is InChI=1S/C17H19N5O2/c1-13-10-14(4-6-16(13)21-8-2-3-9-21)11-19-20-17-7-5-15(12-18-17)22(23)24/h4-7,10-12H,2-3,8-9H2,1H3,(H,18,20)/b19-11-. The van der Waals surface area contributed by atoms with Crippen molar-refractivity contribution in [2.24, 2.45) is 5.10 Å². The van der Waals surface area contributed by atoms with E-state index >= 15 is 0 Å². The third-order valence-electron chi connectivity index (χ3n) is 4.02. The Morgan fingerprint density at radius 1 is 1.29 bits per heavy atom. The van der Waals surface area contributed by atoms with Gasteiger partial charge in [0.15, 0.2) is 0 Å². The molecule has 0 amide bonds. The molecule has 1 fully saturated rings. The van der Waals surface area contributed by atoms with Gasteiger partial charge in [-0.1, -0.05) is 6.07 Å². The fraction of sp³-hybridized carbons (Fsp3) is 0.294. The number of hydrogen-bond donors (Lipinski definition) is 1. The monoisotopic (exact) mass is 325 g/mol. The Morgan fingerprint density at radius 3 is 2.71 bits per heavy atom. The van der Waals surface area contributed by atoms with E-state index in [9.17, 15) is 10.1 Å². The van der Waals surface area contributed by atoms with Crippen LogP contribution in [0.2, 0.25) is 0 Å². The Kier molecular flexibility index (Phi) is 4.69. The lowest BCUT2D eigenvalue weighted by atomic mass is 10.1. The predicted octanol–water partition coefficient (Wildman–Crippen LogP) is 3.34. The zero-order chi connectivity index (χ0) is 16.9. The topological polar surface area (TPSA) is 83.7 Å². The van der Waals surface area contributed by atoms with Crippen molar-refractivity contribution in [1.82, 2.24) is 4.98 Å². The van der Waals surface area contributed by atoms with E-state index in [1.807, 2.05) is 6.07 Å². The molecule has 7 heteroatoms. The molecule has 1 saturated heterocycles. The van der Waals surface area contributed by atoms with Crippen molar-refractivity contribution in [2.45, 2.75) is 19.8 Å². The molecule has 1 aliphatic heterocycles. The van der Waals surface area contributed by atoms with Gasteiger partial charge in [0.1, 0.15) is 12.0 Å². The normalized spacial score (nSPS) is 14.3. The molecule has 1 aromatic carbocycles. The molecule has 2 aromatic rings. The second-order valence-corrected chi connectivity index (χ2v) is 5.77. The minimum Gasteiger partial charge on any atom is -0.371 e. The van der Waals surface area contributed by atoms with Crippen LogP contribution in [0.3, 0.4) is 0 Å². The van der Waals surface area contributed by atoms with E-state index < -0.39 is 4.92 Å². The molecule has 0 saturated carbocycles. The first-order chi connectivity index (χ1) is 11.6. The maximum absolute atomic E-state index is 10.6. The highest BCUT2D eigenvalue weighted by Crippen LogP contribution is 2.24. The zero-order valence-electron chi connectivity index (χ0n) is 13.5. The lowest BCUT2D eigenvalue weighted by Crippen LogP contribution is -2.18. The summed E-state index contributed by atoms with van der Waals surface area (Å²) in [5.74, 6) is 0.460. The molecule has 124 valence electrons. The van der Waals surface area contributed by atoms with E-state index in [2.05, 4.69) is 39.5 Å². The molecule has 24 heavy (non-hydrogen) atoms. The molecule has 1 N–H and O–H groups in total. The van der Waals surface area contributed by atoms with Crippen LogP contribution in [0.4, 0.5) is 17.2 Å². The number of rotatable bonds is 5. The molecule has 3 rings (SSSR count). The maximum Gasteiger partial charge on any atom is 0.287 e. The van der Waals surface area contributed by atoms with E-state index in [0.717, 1.165) is 18.7 Å². The first-order valence-corrected chi connectivity index (χ1v) is 7.88. The van der Waals surface area contributed by atoms with Crippen molar-refractivity contribution < 1.29 is 4.92 Å². The fourth-order valence-electron chi connectivity index (χ4n) is 2.80. The lowest BCUT2D eigenvalue weighted by molar-refractivity contribution is -0.385. The SMILES string of the molecule is Cc1cc(/C=N\Nc2ccc([N+](=O)[O-])cn2)ccc1N1CCCC1. The van der Waals surface area contributed by atoms with Gasteiger partial charge in [-0.15, -0.1) is 0 Å². The van der Waals surface area contributed by atoms with Crippen LogP contribution in [-0.4, -0.2) is 29.2 Å². The average Bonchev–Trinajstić information content (AvgIpc) is 3.10. The number of aromatic nitrogens is 1. The van der Waals surface area contributed by atoms with Crippen LogP contribution in [0.25, 0.3) is 0 Å². The van der Waals surface area contributed by atoms with Crippen molar-refractivity contribution in [3.8, 4) is 0 Å². The van der Waals surface area contributed by atoms with Gasteiger partial charge >= 0.3 is 0 Å². The number of hydrogen-bond acceptors (Lipinski definition) is 6. The quantitative estimate of drug-likeness (QED) is 0.518. The molecule has 0 spiro atoms. The molecule has 7 nitrogen and oxygen atoms in total. The number of hydrazone groups is 1. The summed E-state index contributed by atoms with van der Waals surface area (Å²) >= 11 is 0. The van der Waals surface area contributed by atoms with Gasteiger partial charge in [-0.2, -0.15) is 5.10 Å². The Labute approximate surface area is 140 Å². The summed E-state index contributed by atoms with van der Waals surface area (Å²) in [6.45, 7) is 4.36. The average molecular weight is 325 g/mol. The summed E-state index contributed by atoms with van der Waals surface area (Å²) in [7, 11) is 0. The van der Waals surface area contributed by atoms with Crippen molar-refractivity contribution in [2.75, 3.05) is 23.4 Å². The third-order valence-corrected chi connectivity index (χ3v) is 4.02. The van der Waals surface area contributed by atoms with Gasteiger partial charge in [0.2, 0.25) is 0 Å². The van der Waals surface area contributed by atoms with Crippen molar-refractivity contribution >= 4 is 23.4 Å². The van der Waals surface area contributed by atoms with Crippen LogP contribution in [0.5, 0.6) is 0 Å². The van der Waals surface area contributed by atoms with Crippen LogP contribution in [0, 0.1) is 17.0 Å². The molecular weight excluding hydrogens is 306 g/mol. The molecule has 0 radical (unpaired) electrons. The molecule has 0 atom stereocenters. The van der Waals surface area contributed by atoms with Gasteiger partial charge in [-0.25, -0.2) is 4.98 Å². The Morgan fingerprint density at radius 2 is 2.08 bits per heavy atom. The van der Waals surface area contributed by atoms with Crippen molar-refractivity contribution in [3.63, 3.8) is 0 Å². The molecule has 0 aliphatic carbocycles. The number of nitrogens with one attached hydrogen (secondary N) is 1. The van der Waals surface area contributed by atoms with Gasteiger partial charge in [0.05, 0.1) is 11.1 Å². The first-order valence-electron chi connectivity index (χ1n) is 7.88. The highest BCUT2D eigenvalue weighted by molar-refractivity contribution is 5.81. The molecule has 0 unspecified atom stereocenters. The summed E-state index contributed by atoms with van der Waals surface area (Å²) < 4.78 is 0. The largest absolute Gasteiger partial charge is 0.371 e. The van der Waals surface area contributed by atoms with Crippen molar-refractivity contribution in [3.05, 3.63) is 57.8 Å². The van der Waals surface area contributed by atoms with Crippen LogP contribution < -0.4 is 10.3 Å². The smallest absolute Gasteiger partial charge is 0.287 e. The van der Waals surface area contributed by atoms with Crippen LogP contribution in [-0.2, 0) is 0 Å². The van der Waals surface area contributed by atoms with E-state index in [0.29, 0.717) is 5.82 Å². The summed E-state index contributed by atoms with van der Waals surface area (Å²) in [6.07, 6.45) is 5.43. The maximum atomic E-state index is 10.6. The number of aryl methyl sites for hydroxylation is 1. The summed E-state index contributed by atoms with van der Waals surface area (Å²) in [4.78, 5) is 16.5. The summed E-state index contributed by atoms with van der Waals surface area (Å²) in [5.41, 5.74) is 6.24. The minimum absolute atomic E-state index is 0.0438.